The van der Waals surface area contributed by atoms with E-state index < -0.39 is 0 Å². The summed E-state index contributed by atoms with van der Waals surface area (Å²) in [5.74, 6) is 0.449. The molecule has 9 heteroatoms. The zero-order valence-corrected chi connectivity index (χ0v) is 20.1. The predicted molar refractivity (Wildman–Crippen MR) is 129 cm³/mol. The minimum Gasteiger partial charge on any atom is -0.497 e. The number of hydrazone groups is 1. The molecule has 2 aliphatic rings. The first-order chi connectivity index (χ1) is 16.5. The van der Waals surface area contributed by atoms with Crippen molar-refractivity contribution < 1.29 is 19.1 Å². The number of methoxy groups -OCH3 is 1. The van der Waals surface area contributed by atoms with Crippen LogP contribution in [0.5, 0.6) is 5.75 Å². The lowest BCUT2D eigenvalue weighted by molar-refractivity contribution is -0.140. The molecule has 1 fully saturated rings. The number of nitrogens with zero attached hydrogens (tertiary/aromatic N) is 5. The second-order valence-electron chi connectivity index (χ2n) is 8.68. The molecule has 4 rings (SSSR count). The summed E-state index contributed by atoms with van der Waals surface area (Å²) in [4.78, 5) is 29.7. The number of aryl methyl sites for hydroxylation is 1. The SMILES string of the molecule is COc1ccc([C@@H]2CC(c3cccn3C)=NN2C(=O)CN(CCN2CCOCC2)C(C)=O)cc1. The summed E-state index contributed by atoms with van der Waals surface area (Å²) in [6.45, 7) is 5.81. The van der Waals surface area contributed by atoms with Crippen LogP contribution in [0.25, 0.3) is 0 Å². The number of carbonyl (C=O) groups is 2. The van der Waals surface area contributed by atoms with Crippen molar-refractivity contribution in [2.24, 2.45) is 12.1 Å². The fourth-order valence-electron chi connectivity index (χ4n) is 4.41. The number of morpholine rings is 1. The van der Waals surface area contributed by atoms with Crippen LogP contribution in [-0.4, -0.2) is 89.9 Å². The largest absolute Gasteiger partial charge is 0.497 e. The molecular formula is C25H33N5O4. The topological polar surface area (TPSA) is 79.6 Å². The van der Waals surface area contributed by atoms with Gasteiger partial charge in [0.05, 0.1) is 37.8 Å². The van der Waals surface area contributed by atoms with Gasteiger partial charge in [0.1, 0.15) is 12.3 Å². The maximum Gasteiger partial charge on any atom is 0.262 e. The van der Waals surface area contributed by atoms with E-state index in [0.29, 0.717) is 26.2 Å². The van der Waals surface area contributed by atoms with Crippen LogP contribution in [0.4, 0.5) is 0 Å². The molecule has 182 valence electrons. The van der Waals surface area contributed by atoms with Crippen molar-refractivity contribution in [3.8, 4) is 5.75 Å². The van der Waals surface area contributed by atoms with E-state index in [4.69, 9.17) is 14.6 Å². The third-order valence-corrected chi connectivity index (χ3v) is 6.47. The molecule has 0 spiro atoms. The van der Waals surface area contributed by atoms with Crippen molar-refractivity contribution in [3.63, 3.8) is 0 Å². The summed E-state index contributed by atoms with van der Waals surface area (Å²) >= 11 is 0. The monoisotopic (exact) mass is 467 g/mol. The lowest BCUT2D eigenvalue weighted by Gasteiger charge is -2.30. The second kappa shape index (κ2) is 10.8. The summed E-state index contributed by atoms with van der Waals surface area (Å²) < 4.78 is 12.7. The van der Waals surface area contributed by atoms with Gasteiger partial charge in [-0.2, -0.15) is 5.10 Å². The van der Waals surface area contributed by atoms with Crippen molar-refractivity contribution in [2.45, 2.75) is 19.4 Å². The minimum absolute atomic E-state index is 0.00373. The van der Waals surface area contributed by atoms with E-state index in [2.05, 4.69) is 4.90 Å². The van der Waals surface area contributed by atoms with E-state index in [1.807, 2.05) is 54.2 Å². The van der Waals surface area contributed by atoms with Gasteiger partial charge in [-0.3, -0.25) is 14.5 Å². The number of rotatable bonds is 8. The smallest absolute Gasteiger partial charge is 0.262 e. The lowest BCUT2D eigenvalue weighted by atomic mass is 10.0. The van der Waals surface area contributed by atoms with Gasteiger partial charge in [-0.25, -0.2) is 5.01 Å². The summed E-state index contributed by atoms with van der Waals surface area (Å²) in [6, 6.07) is 11.4. The van der Waals surface area contributed by atoms with E-state index in [9.17, 15) is 9.59 Å². The second-order valence-corrected chi connectivity index (χ2v) is 8.68. The van der Waals surface area contributed by atoms with Crippen molar-refractivity contribution in [2.75, 3.05) is 53.0 Å². The zero-order chi connectivity index (χ0) is 24.1. The van der Waals surface area contributed by atoms with Crippen molar-refractivity contribution >= 4 is 17.5 Å². The van der Waals surface area contributed by atoms with E-state index in [-0.39, 0.29) is 24.4 Å². The standard InChI is InChI=1S/C25H33N5O4/c1-19(31)29(12-11-28-13-15-34-16-14-28)18-25(32)30-24(20-6-8-21(33-3)9-7-20)17-22(26-30)23-5-4-10-27(23)2/h4-10,24H,11-18H2,1-3H3/t24-/m0/s1. The highest BCUT2D eigenvalue weighted by Crippen LogP contribution is 2.33. The first kappa shape index (κ1) is 24.0. The van der Waals surface area contributed by atoms with Crippen LogP contribution < -0.4 is 4.74 Å². The Balaban J connectivity index is 1.52. The average Bonchev–Trinajstić information content (AvgIpc) is 3.48. The number of benzene rings is 1. The third kappa shape index (κ3) is 5.48. The minimum atomic E-state index is -0.239. The van der Waals surface area contributed by atoms with Crippen LogP contribution in [-0.2, 0) is 21.4 Å². The van der Waals surface area contributed by atoms with Gasteiger partial charge in [-0.1, -0.05) is 12.1 Å². The molecule has 0 N–H and O–H groups in total. The molecule has 1 atom stereocenters. The fraction of sp³-hybridized carbons (Fsp3) is 0.480. The van der Waals surface area contributed by atoms with Crippen LogP contribution in [0.2, 0.25) is 0 Å². The van der Waals surface area contributed by atoms with Gasteiger partial charge < -0.3 is 18.9 Å². The van der Waals surface area contributed by atoms with Gasteiger partial charge in [0.25, 0.3) is 5.91 Å². The number of amides is 2. The van der Waals surface area contributed by atoms with E-state index in [1.54, 1.807) is 17.0 Å². The van der Waals surface area contributed by atoms with Crippen LogP contribution in [0, 0.1) is 0 Å². The number of hydrogen-bond acceptors (Lipinski definition) is 6. The Kier molecular flexibility index (Phi) is 7.64. The van der Waals surface area contributed by atoms with Gasteiger partial charge >= 0.3 is 0 Å². The Labute approximate surface area is 200 Å². The van der Waals surface area contributed by atoms with Gasteiger partial charge in [-0.05, 0) is 29.8 Å². The van der Waals surface area contributed by atoms with Crippen LogP contribution in [0.1, 0.15) is 30.6 Å². The highest BCUT2D eigenvalue weighted by molar-refractivity contribution is 6.02. The molecule has 2 amide bonds. The molecular weight excluding hydrogens is 434 g/mol. The predicted octanol–water partition coefficient (Wildman–Crippen LogP) is 1.89. The van der Waals surface area contributed by atoms with Crippen molar-refractivity contribution in [1.82, 2.24) is 19.4 Å². The molecule has 2 aromatic rings. The molecule has 0 aliphatic carbocycles. The Morgan fingerprint density at radius 3 is 2.53 bits per heavy atom. The van der Waals surface area contributed by atoms with E-state index >= 15 is 0 Å². The molecule has 34 heavy (non-hydrogen) atoms. The maximum absolute atomic E-state index is 13.5. The highest BCUT2D eigenvalue weighted by atomic mass is 16.5. The first-order valence-electron chi connectivity index (χ1n) is 11.7. The average molecular weight is 468 g/mol. The van der Waals surface area contributed by atoms with Gasteiger partial charge in [0.15, 0.2) is 0 Å². The Bertz CT molecular complexity index is 1030. The number of carbonyl (C=O) groups excluding carboxylic acids is 2. The first-order valence-corrected chi connectivity index (χ1v) is 11.7. The van der Waals surface area contributed by atoms with E-state index in [0.717, 1.165) is 42.4 Å². The highest BCUT2D eigenvalue weighted by Gasteiger charge is 2.34. The number of ether oxygens (including phenoxy) is 2. The quantitative estimate of drug-likeness (QED) is 0.593. The van der Waals surface area contributed by atoms with Crippen LogP contribution in [0.3, 0.4) is 0 Å². The normalized spacial score (nSPS) is 18.6. The molecule has 0 unspecified atom stereocenters. The number of aromatic nitrogens is 1. The molecule has 9 nitrogen and oxygen atoms in total. The molecule has 1 saturated heterocycles. The summed E-state index contributed by atoms with van der Waals surface area (Å²) in [5.41, 5.74) is 2.80. The zero-order valence-electron chi connectivity index (χ0n) is 20.1. The summed E-state index contributed by atoms with van der Waals surface area (Å²) in [6.07, 6.45) is 2.57. The van der Waals surface area contributed by atoms with Crippen LogP contribution in [0.15, 0.2) is 47.7 Å². The van der Waals surface area contributed by atoms with Crippen LogP contribution >= 0.6 is 0 Å². The maximum atomic E-state index is 13.5. The van der Waals surface area contributed by atoms with E-state index in [1.165, 1.54) is 6.92 Å². The Hall–Kier alpha value is -3.17. The van der Waals surface area contributed by atoms with Crippen molar-refractivity contribution in [3.05, 3.63) is 53.9 Å². The molecule has 3 heterocycles. The molecule has 0 bridgehead atoms. The van der Waals surface area contributed by atoms with Crippen molar-refractivity contribution in [1.29, 1.82) is 0 Å². The van der Waals surface area contributed by atoms with Gasteiger partial charge in [0, 0.05) is 52.8 Å². The Morgan fingerprint density at radius 1 is 1.18 bits per heavy atom. The molecule has 2 aliphatic heterocycles. The Morgan fingerprint density at radius 2 is 1.91 bits per heavy atom. The molecule has 0 radical (unpaired) electrons. The summed E-state index contributed by atoms with van der Waals surface area (Å²) in [5, 5.41) is 6.29. The van der Waals surface area contributed by atoms with Gasteiger partial charge in [0.2, 0.25) is 5.91 Å². The molecule has 1 aromatic heterocycles. The number of hydrogen-bond donors (Lipinski definition) is 0. The molecule has 0 saturated carbocycles. The summed E-state index contributed by atoms with van der Waals surface area (Å²) in [7, 11) is 3.60. The third-order valence-electron chi connectivity index (χ3n) is 6.47. The fourth-order valence-corrected chi connectivity index (χ4v) is 4.41. The molecule has 1 aromatic carbocycles. The lowest BCUT2D eigenvalue weighted by Crippen LogP contribution is -2.45. The van der Waals surface area contributed by atoms with Gasteiger partial charge in [-0.15, -0.1) is 0 Å².